The molecule has 0 rings (SSSR count). The Hall–Kier alpha value is 0.616. The molecule has 0 aliphatic carbocycles. The summed E-state index contributed by atoms with van der Waals surface area (Å²) in [6.07, 6.45) is 0. The first kappa shape index (κ1) is 9.79. The van der Waals surface area contributed by atoms with Gasteiger partial charge in [0.2, 0.25) is 0 Å². The van der Waals surface area contributed by atoms with Crippen molar-refractivity contribution in [3.8, 4) is 6.23 Å². The van der Waals surface area contributed by atoms with Gasteiger partial charge in [0.25, 0.3) is 0 Å². The van der Waals surface area contributed by atoms with Crippen molar-refractivity contribution in [2.75, 3.05) is 0 Å². The Morgan fingerprint density at radius 3 is 1.50 bits per heavy atom. The van der Waals surface area contributed by atoms with Crippen LogP contribution >= 0.6 is 0 Å². The molecule has 0 aromatic heterocycles. The van der Waals surface area contributed by atoms with E-state index in [-0.39, 0.29) is 0 Å². The molecule has 0 heterocycles. The van der Waals surface area contributed by atoms with E-state index in [0.29, 0.717) is 49.0 Å². The summed E-state index contributed by atoms with van der Waals surface area (Å²) >= 11 is 0.410. The molecule has 26 valence electrons. The van der Waals surface area contributed by atoms with Crippen LogP contribution in [0.25, 0.3) is 0 Å². The summed E-state index contributed by atoms with van der Waals surface area (Å²) in [5.41, 5.74) is 0. The summed E-state index contributed by atoms with van der Waals surface area (Å²) in [4.78, 5) is 0. The van der Waals surface area contributed by atoms with Gasteiger partial charge < -0.3 is 0 Å². The molecule has 0 aliphatic rings. The van der Waals surface area contributed by atoms with E-state index in [9.17, 15) is 0 Å². The molecule has 0 saturated carbocycles. The Labute approximate surface area is 71.3 Å². The molecule has 0 unspecified atom stereocenters. The third-order valence-electron chi connectivity index (χ3n) is 0. The third kappa shape index (κ3) is 159. The van der Waals surface area contributed by atoms with E-state index in [1.165, 1.54) is 6.92 Å². The number of nitriles is 2. The molecule has 0 radical (unpaired) electrons. The number of hydrogen-bond donors (Lipinski definition) is 0. The standard InChI is InChI=1S/C2H3N.CN.K/c1-2-3;1-2;/h1H3;;. The van der Waals surface area contributed by atoms with Crippen LogP contribution in [0.1, 0.15) is 6.92 Å². The number of hydrogen-bond acceptors (Lipinski definition) is 2. The van der Waals surface area contributed by atoms with Crippen LogP contribution in [0.15, 0.2) is 0 Å². The molecule has 0 atom stereocenters. The molecular weight excluding hydrogens is 103 g/mol. The zero-order valence-electron chi connectivity index (χ0n) is 3.89. The Balaban J connectivity index is 0. The number of rotatable bonds is 0. The van der Waals surface area contributed by atoms with Gasteiger partial charge in [-0.3, -0.25) is 0 Å². The molecule has 0 aliphatic heterocycles. The van der Waals surface area contributed by atoms with Crippen molar-refractivity contribution in [3.05, 3.63) is 0 Å². The van der Waals surface area contributed by atoms with Crippen LogP contribution in [-0.4, -0.2) is 49.0 Å². The van der Waals surface area contributed by atoms with Gasteiger partial charge in [-0.2, -0.15) is 5.26 Å². The van der Waals surface area contributed by atoms with Gasteiger partial charge in [-0.05, 0) is 0 Å². The normalized spacial score (nSPS) is 2.83. The van der Waals surface area contributed by atoms with Crippen LogP contribution < -0.4 is 0 Å². The van der Waals surface area contributed by atoms with Crippen LogP contribution in [0.5, 0.6) is 0 Å². The van der Waals surface area contributed by atoms with Crippen LogP contribution in [0.2, 0.25) is 0 Å². The average molecular weight is 106 g/mol. The summed E-state index contributed by atoms with van der Waals surface area (Å²) < 4.78 is 1.94. The molecule has 0 aromatic carbocycles. The molecule has 0 aromatic rings. The van der Waals surface area contributed by atoms with Crippen LogP contribution in [-0.2, 0) is 0 Å². The van der Waals surface area contributed by atoms with Crippen LogP contribution in [0.4, 0.5) is 0 Å². The van der Waals surface area contributed by atoms with Crippen LogP contribution in [0, 0.1) is 16.8 Å². The van der Waals surface area contributed by atoms with Gasteiger partial charge in [-0.25, -0.2) is 0 Å². The zero-order chi connectivity index (χ0) is 5.41. The summed E-state index contributed by atoms with van der Waals surface area (Å²) in [7, 11) is 0. The van der Waals surface area contributed by atoms with Crippen molar-refractivity contribution in [2.24, 2.45) is 0 Å². The van der Waals surface area contributed by atoms with E-state index in [2.05, 4.69) is 0 Å². The average Bonchev–Trinajstić information content (AvgIpc) is 1.39. The van der Waals surface area contributed by atoms with Crippen molar-refractivity contribution in [2.45, 2.75) is 6.92 Å². The summed E-state index contributed by atoms with van der Waals surface area (Å²) in [5.74, 6) is 0. The third-order valence-corrected chi connectivity index (χ3v) is 0. The maximum absolute atomic E-state index is 7.40. The molecular formula is C3H3KN2. The van der Waals surface area contributed by atoms with Gasteiger partial charge in [0.05, 0.1) is 6.07 Å². The predicted octanol–water partition coefficient (Wildman–Crippen LogP) is 0.166. The summed E-state index contributed by atoms with van der Waals surface area (Å²) in [5, 5.41) is 14.7. The topological polar surface area (TPSA) is 47.6 Å². The van der Waals surface area contributed by atoms with Crippen LogP contribution in [0.3, 0.4) is 0 Å². The Bertz CT molecular complexity index is 63.8. The predicted molar refractivity (Wildman–Crippen MR) is 22.7 cm³/mol. The van der Waals surface area contributed by atoms with Gasteiger partial charge in [-0.15, -0.1) is 0 Å². The molecule has 0 amide bonds. The van der Waals surface area contributed by atoms with E-state index in [0.717, 1.165) is 0 Å². The van der Waals surface area contributed by atoms with Gasteiger partial charge >= 0.3 is 54.4 Å². The van der Waals surface area contributed by atoms with E-state index in [4.69, 9.17) is 10.5 Å². The molecule has 0 saturated heterocycles. The molecule has 2 nitrogen and oxygen atoms in total. The first-order chi connectivity index (χ1) is 2.83. The Morgan fingerprint density at radius 2 is 1.50 bits per heavy atom. The summed E-state index contributed by atoms with van der Waals surface area (Å²) in [6.45, 7) is 1.43. The molecule has 0 N–H and O–H groups in total. The first-order valence-corrected chi connectivity index (χ1v) is 3.01. The van der Waals surface area contributed by atoms with Gasteiger partial charge in [-0.1, -0.05) is 0 Å². The van der Waals surface area contributed by atoms with Gasteiger partial charge in [0, 0.05) is 6.92 Å². The van der Waals surface area contributed by atoms with Crippen molar-refractivity contribution in [3.63, 3.8) is 0 Å². The van der Waals surface area contributed by atoms with Crippen molar-refractivity contribution >= 4 is 49.0 Å². The van der Waals surface area contributed by atoms with Crippen molar-refractivity contribution in [1.82, 2.24) is 0 Å². The van der Waals surface area contributed by atoms with Gasteiger partial charge in [0.1, 0.15) is 0 Å². The second-order valence-corrected chi connectivity index (χ2v) is 1.15. The fourth-order valence-corrected chi connectivity index (χ4v) is 0. The molecule has 0 fully saturated rings. The molecule has 3 heteroatoms. The van der Waals surface area contributed by atoms with E-state index in [1.54, 1.807) is 6.07 Å². The Morgan fingerprint density at radius 1 is 1.50 bits per heavy atom. The molecule has 6 heavy (non-hydrogen) atoms. The SMILES string of the molecule is CC#N.N#[C][K]. The second-order valence-electron chi connectivity index (χ2n) is 0.447. The monoisotopic (exact) mass is 106 g/mol. The fraction of sp³-hybridized carbons (Fsp3) is 0.333. The Kier molecular flexibility index (Phi) is 28.5. The van der Waals surface area contributed by atoms with E-state index >= 15 is 0 Å². The maximum atomic E-state index is 7.40. The number of nitrogens with zero attached hydrogens (tertiary/aromatic N) is 2. The van der Waals surface area contributed by atoms with Crippen molar-refractivity contribution in [1.29, 1.82) is 10.5 Å². The summed E-state index contributed by atoms with van der Waals surface area (Å²) in [6, 6.07) is 1.75. The molecule has 0 bridgehead atoms. The minimum absolute atomic E-state index is 0.410. The first-order valence-electron chi connectivity index (χ1n) is 1.45. The van der Waals surface area contributed by atoms with E-state index in [1.807, 2.05) is 0.164 Å². The fourth-order valence-electron chi connectivity index (χ4n) is 0. The minimum atomic E-state index is 0.410. The second kappa shape index (κ2) is 17.5. The molecule has 0 spiro atoms. The van der Waals surface area contributed by atoms with Gasteiger partial charge in [0.15, 0.2) is 0 Å². The zero-order valence-corrected chi connectivity index (χ0v) is 7.02. The van der Waals surface area contributed by atoms with E-state index < -0.39 is 0 Å². The quantitative estimate of drug-likeness (QED) is 0.413. The van der Waals surface area contributed by atoms with Crippen molar-refractivity contribution < 1.29 is 0 Å².